The van der Waals surface area contributed by atoms with E-state index in [1.54, 1.807) is 4.90 Å². The Morgan fingerprint density at radius 1 is 1.33 bits per heavy atom. The van der Waals surface area contributed by atoms with E-state index in [9.17, 15) is 18.0 Å². The van der Waals surface area contributed by atoms with Gasteiger partial charge in [0.2, 0.25) is 5.91 Å². The second kappa shape index (κ2) is 6.08. The second-order valence-electron chi connectivity index (χ2n) is 6.24. The van der Waals surface area contributed by atoms with Crippen LogP contribution < -0.4 is 5.73 Å². The lowest BCUT2D eigenvalue weighted by molar-refractivity contribution is -0.182. The monoisotopic (exact) mass is 340 g/mol. The normalized spacial score (nSPS) is 22.3. The van der Waals surface area contributed by atoms with Crippen LogP contribution in [0.3, 0.4) is 0 Å². The number of carbonyl (C=O) groups excluding carboxylic acids is 1. The molecule has 0 unspecified atom stereocenters. The van der Waals surface area contributed by atoms with Crippen molar-refractivity contribution in [1.82, 2.24) is 14.5 Å². The highest BCUT2D eigenvalue weighted by Gasteiger charge is 2.51. The number of primary amides is 1. The number of hydrogen-bond donors (Lipinski definition) is 1. The van der Waals surface area contributed by atoms with E-state index >= 15 is 0 Å². The van der Waals surface area contributed by atoms with Gasteiger partial charge < -0.3 is 15.2 Å². The predicted octanol–water partition coefficient (Wildman–Crippen LogP) is 1.71. The number of likely N-dealkylation sites (tertiary alicyclic amines) is 1. The number of amides is 1. The zero-order valence-corrected chi connectivity index (χ0v) is 13.3. The molecule has 24 heavy (non-hydrogen) atoms. The lowest BCUT2D eigenvalue weighted by atomic mass is 9.95. The Balaban J connectivity index is 1.70. The Morgan fingerprint density at radius 3 is 2.62 bits per heavy atom. The maximum atomic E-state index is 13.1. The van der Waals surface area contributed by atoms with Crippen LogP contribution in [-0.2, 0) is 18.3 Å². The number of aryl methyl sites for hydroxylation is 1. The number of halogens is 3. The van der Waals surface area contributed by atoms with Crippen molar-refractivity contribution in [3.8, 4) is 0 Å². The predicted molar refractivity (Wildman–Crippen MR) is 83.1 cm³/mol. The van der Waals surface area contributed by atoms with Gasteiger partial charge in [-0.1, -0.05) is 12.1 Å². The minimum absolute atomic E-state index is 0.0451. The number of nitrogens with two attached hydrogens (primary N) is 1. The highest BCUT2D eigenvalue weighted by Crippen LogP contribution is 2.37. The number of nitrogens with zero attached hydrogens (tertiary/aromatic N) is 3. The molecule has 1 aliphatic rings. The molecule has 1 amide bonds. The van der Waals surface area contributed by atoms with Crippen LogP contribution in [0.15, 0.2) is 24.3 Å². The molecule has 1 aromatic heterocycles. The largest absolute Gasteiger partial charge is 0.393 e. The molecule has 1 fully saturated rings. The summed E-state index contributed by atoms with van der Waals surface area (Å²) in [5.74, 6) is -2.94. The number of fused-ring (bicyclic) bond motifs is 1. The fourth-order valence-electron chi connectivity index (χ4n) is 3.36. The molecular weight excluding hydrogens is 321 g/mol. The summed E-state index contributed by atoms with van der Waals surface area (Å²) in [6, 6.07) is 7.66. The van der Waals surface area contributed by atoms with E-state index in [0.29, 0.717) is 13.0 Å². The molecule has 0 saturated carbocycles. The number of para-hydroxylation sites is 2. The van der Waals surface area contributed by atoms with E-state index in [-0.39, 0.29) is 13.1 Å². The Labute approximate surface area is 137 Å². The summed E-state index contributed by atoms with van der Waals surface area (Å²) in [6.45, 7) is 0.262. The Kier molecular flexibility index (Phi) is 4.25. The van der Waals surface area contributed by atoms with E-state index in [1.165, 1.54) is 0 Å². The van der Waals surface area contributed by atoms with Gasteiger partial charge in [-0.15, -0.1) is 0 Å². The van der Waals surface area contributed by atoms with Crippen molar-refractivity contribution in [2.24, 2.45) is 24.6 Å². The summed E-state index contributed by atoms with van der Waals surface area (Å²) in [5.41, 5.74) is 6.99. The zero-order valence-electron chi connectivity index (χ0n) is 13.3. The SMILES string of the molecule is Cn1c(CCN2C[C@@H](C(F)(F)F)[C@H](C(N)=O)C2)nc2ccccc21. The molecule has 0 spiro atoms. The summed E-state index contributed by atoms with van der Waals surface area (Å²) in [4.78, 5) is 17.5. The van der Waals surface area contributed by atoms with Gasteiger partial charge in [0.15, 0.2) is 0 Å². The summed E-state index contributed by atoms with van der Waals surface area (Å²) in [6.07, 6.45) is -3.90. The Bertz CT molecular complexity index is 755. The van der Waals surface area contributed by atoms with Gasteiger partial charge in [-0.05, 0) is 12.1 Å². The molecule has 0 bridgehead atoms. The first-order valence-corrected chi connectivity index (χ1v) is 7.76. The highest BCUT2D eigenvalue weighted by atomic mass is 19.4. The van der Waals surface area contributed by atoms with Crippen LogP contribution in [0.4, 0.5) is 13.2 Å². The molecule has 5 nitrogen and oxygen atoms in total. The lowest BCUT2D eigenvalue weighted by Crippen LogP contribution is -2.37. The van der Waals surface area contributed by atoms with Gasteiger partial charge in [0.05, 0.1) is 22.9 Å². The van der Waals surface area contributed by atoms with Gasteiger partial charge in [0.25, 0.3) is 0 Å². The first kappa shape index (κ1) is 16.8. The molecule has 2 heterocycles. The topological polar surface area (TPSA) is 64.2 Å². The van der Waals surface area contributed by atoms with Crippen LogP contribution in [0.25, 0.3) is 11.0 Å². The maximum absolute atomic E-state index is 13.1. The van der Waals surface area contributed by atoms with Crippen LogP contribution in [0, 0.1) is 11.8 Å². The molecule has 2 aromatic rings. The molecule has 8 heteroatoms. The van der Waals surface area contributed by atoms with Crippen LogP contribution in [0.5, 0.6) is 0 Å². The zero-order chi connectivity index (χ0) is 17.5. The second-order valence-corrected chi connectivity index (χ2v) is 6.24. The van der Waals surface area contributed by atoms with Gasteiger partial charge in [-0.25, -0.2) is 4.98 Å². The van der Waals surface area contributed by atoms with E-state index in [1.807, 2.05) is 35.9 Å². The summed E-state index contributed by atoms with van der Waals surface area (Å²) in [7, 11) is 1.89. The highest BCUT2D eigenvalue weighted by molar-refractivity contribution is 5.78. The van der Waals surface area contributed by atoms with Crippen molar-refractivity contribution in [3.05, 3.63) is 30.1 Å². The average Bonchev–Trinajstić information content (AvgIpc) is 3.07. The fraction of sp³-hybridized carbons (Fsp3) is 0.500. The third kappa shape index (κ3) is 3.10. The fourth-order valence-corrected chi connectivity index (χ4v) is 3.36. The summed E-state index contributed by atoms with van der Waals surface area (Å²) < 4.78 is 41.1. The van der Waals surface area contributed by atoms with Crippen molar-refractivity contribution in [1.29, 1.82) is 0 Å². The minimum atomic E-state index is -4.41. The molecule has 130 valence electrons. The van der Waals surface area contributed by atoms with E-state index in [0.717, 1.165) is 16.9 Å². The molecule has 1 aliphatic heterocycles. The van der Waals surface area contributed by atoms with Gasteiger partial charge in [-0.3, -0.25) is 4.79 Å². The van der Waals surface area contributed by atoms with Gasteiger partial charge in [0.1, 0.15) is 5.82 Å². The first-order chi connectivity index (χ1) is 11.3. The van der Waals surface area contributed by atoms with Crippen LogP contribution >= 0.6 is 0 Å². The van der Waals surface area contributed by atoms with E-state index in [2.05, 4.69) is 4.98 Å². The lowest BCUT2D eigenvalue weighted by Gasteiger charge is -2.18. The number of imidazole rings is 1. The van der Waals surface area contributed by atoms with Crippen LogP contribution in [0.1, 0.15) is 5.82 Å². The molecule has 0 aliphatic carbocycles. The molecular formula is C16H19F3N4O. The van der Waals surface area contributed by atoms with Crippen molar-refractivity contribution in [2.75, 3.05) is 19.6 Å². The smallest absolute Gasteiger partial charge is 0.369 e. The maximum Gasteiger partial charge on any atom is 0.393 e. The number of benzene rings is 1. The van der Waals surface area contributed by atoms with Gasteiger partial charge in [0, 0.05) is 33.1 Å². The standard InChI is InChI=1S/C16H19F3N4O/c1-22-13-5-3-2-4-12(13)21-14(22)6-7-23-8-10(15(20)24)11(9-23)16(17,18)19/h2-5,10-11H,6-9H2,1H3,(H2,20,24)/t10-,11-/m1/s1. The molecule has 0 radical (unpaired) electrons. The van der Waals surface area contributed by atoms with Crippen LogP contribution in [-0.4, -0.2) is 46.2 Å². The number of rotatable bonds is 4. The molecule has 2 N–H and O–H groups in total. The number of carbonyl (C=O) groups is 1. The molecule has 2 atom stereocenters. The third-order valence-corrected chi connectivity index (χ3v) is 4.71. The molecule has 1 saturated heterocycles. The number of hydrogen-bond acceptors (Lipinski definition) is 3. The average molecular weight is 340 g/mol. The van der Waals surface area contributed by atoms with Gasteiger partial charge in [-0.2, -0.15) is 13.2 Å². The van der Waals surface area contributed by atoms with Crippen molar-refractivity contribution >= 4 is 16.9 Å². The number of aromatic nitrogens is 2. The third-order valence-electron chi connectivity index (χ3n) is 4.71. The number of alkyl halides is 3. The Morgan fingerprint density at radius 2 is 2.04 bits per heavy atom. The summed E-state index contributed by atoms with van der Waals surface area (Å²) in [5, 5.41) is 0. The minimum Gasteiger partial charge on any atom is -0.369 e. The Hall–Kier alpha value is -2.09. The van der Waals surface area contributed by atoms with Gasteiger partial charge >= 0.3 is 6.18 Å². The molecule has 1 aromatic carbocycles. The van der Waals surface area contributed by atoms with E-state index in [4.69, 9.17) is 5.73 Å². The summed E-state index contributed by atoms with van der Waals surface area (Å²) >= 11 is 0. The van der Waals surface area contributed by atoms with E-state index < -0.39 is 23.9 Å². The van der Waals surface area contributed by atoms with Crippen LogP contribution in [0.2, 0.25) is 0 Å². The van der Waals surface area contributed by atoms with Crippen molar-refractivity contribution < 1.29 is 18.0 Å². The van der Waals surface area contributed by atoms with Crippen molar-refractivity contribution in [2.45, 2.75) is 12.6 Å². The first-order valence-electron chi connectivity index (χ1n) is 7.76. The quantitative estimate of drug-likeness (QED) is 0.922. The van der Waals surface area contributed by atoms with Crippen molar-refractivity contribution in [3.63, 3.8) is 0 Å². The molecule has 3 rings (SSSR count).